The molecule has 0 radical (unpaired) electrons. The van der Waals surface area contributed by atoms with Gasteiger partial charge in [0, 0.05) is 24.3 Å². The Bertz CT molecular complexity index is 763. The van der Waals surface area contributed by atoms with Crippen LogP contribution in [-0.2, 0) is 9.84 Å². The van der Waals surface area contributed by atoms with E-state index >= 15 is 0 Å². The van der Waals surface area contributed by atoms with Crippen LogP contribution < -0.4 is 5.32 Å². The molecule has 1 heterocycles. The molecule has 5 nitrogen and oxygen atoms in total. The molecule has 0 aliphatic carbocycles. The predicted octanol–water partition coefficient (Wildman–Crippen LogP) is 3.27. The number of amides is 2. The van der Waals surface area contributed by atoms with E-state index in [4.69, 9.17) is 0 Å². The highest BCUT2D eigenvalue weighted by atomic mass is 32.2. The molecule has 1 unspecified atom stereocenters. The van der Waals surface area contributed by atoms with E-state index in [9.17, 15) is 26.4 Å². The van der Waals surface area contributed by atoms with Crippen molar-refractivity contribution in [1.82, 2.24) is 10.2 Å². The summed E-state index contributed by atoms with van der Waals surface area (Å²) in [5, 5.41) is 3.49. The fourth-order valence-corrected chi connectivity index (χ4v) is 3.40. The average Bonchev–Trinajstić information content (AvgIpc) is 2.99. The molecule has 26 heavy (non-hydrogen) atoms. The lowest BCUT2D eigenvalue weighted by atomic mass is 9.99. The summed E-state index contributed by atoms with van der Waals surface area (Å²) in [6.07, 6.45) is -2.29. The predicted molar refractivity (Wildman–Crippen MR) is 92.0 cm³/mol. The molecule has 3 atom stereocenters. The molecule has 1 fully saturated rings. The van der Waals surface area contributed by atoms with Gasteiger partial charge in [0.1, 0.15) is 0 Å². The number of halogens is 3. The van der Waals surface area contributed by atoms with Gasteiger partial charge in [-0.15, -0.1) is 0 Å². The van der Waals surface area contributed by atoms with Crippen molar-refractivity contribution < 1.29 is 26.4 Å². The molecule has 2 amide bonds. The molecule has 1 aliphatic rings. The number of likely N-dealkylation sites (tertiary alicyclic amines) is 1. The number of nitrogens with zero attached hydrogens (tertiary/aromatic N) is 1. The molecular formula is C17H21F3N2O3S. The van der Waals surface area contributed by atoms with Gasteiger partial charge in [-0.1, -0.05) is 36.4 Å². The molecule has 1 N–H and O–H groups in total. The van der Waals surface area contributed by atoms with Crippen LogP contribution in [0.2, 0.25) is 0 Å². The lowest BCUT2D eigenvalue weighted by molar-refractivity contribution is -0.170. The highest BCUT2D eigenvalue weighted by Crippen LogP contribution is 2.42. The average molecular weight is 390 g/mol. The molecular weight excluding hydrogens is 369 g/mol. The summed E-state index contributed by atoms with van der Waals surface area (Å²) in [6, 6.07) is 6.58. The zero-order valence-electron chi connectivity index (χ0n) is 14.4. The second-order valence-electron chi connectivity index (χ2n) is 6.45. The summed E-state index contributed by atoms with van der Waals surface area (Å²) in [6.45, 7) is 1.12. The third-order valence-corrected chi connectivity index (χ3v) is 4.83. The quantitative estimate of drug-likeness (QED) is 0.858. The van der Waals surface area contributed by atoms with Gasteiger partial charge in [0.25, 0.3) is 0 Å². The van der Waals surface area contributed by atoms with Crippen molar-refractivity contribution >= 4 is 15.9 Å². The minimum Gasteiger partial charge on any atom is -0.332 e. The van der Waals surface area contributed by atoms with Crippen LogP contribution in [0.15, 0.2) is 41.8 Å². The summed E-state index contributed by atoms with van der Waals surface area (Å²) >= 11 is 0. The van der Waals surface area contributed by atoms with Crippen molar-refractivity contribution in [3.05, 3.63) is 47.4 Å². The van der Waals surface area contributed by atoms with Gasteiger partial charge in [-0.2, -0.15) is 13.2 Å². The molecule has 144 valence electrons. The fraction of sp³-hybridized carbons (Fsp3) is 0.471. The van der Waals surface area contributed by atoms with E-state index < -0.39 is 46.6 Å². The number of carbonyl (C=O) groups excluding carboxylic acids is 1. The first kappa shape index (κ1) is 20.3. The Kier molecular flexibility index (Phi) is 6.00. The fourth-order valence-electron chi connectivity index (χ4n) is 2.88. The summed E-state index contributed by atoms with van der Waals surface area (Å²) < 4.78 is 61.8. The van der Waals surface area contributed by atoms with Crippen molar-refractivity contribution in [1.29, 1.82) is 0 Å². The summed E-state index contributed by atoms with van der Waals surface area (Å²) in [5.41, 5.74) is 0.633. The summed E-state index contributed by atoms with van der Waals surface area (Å²) in [7, 11) is -3.35. The number of benzene rings is 1. The lowest BCUT2D eigenvalue weighted by Gasteiger charge is -2.26. The molecule has 0 aromatic heterocycles. The van der Waals surface area contributed by atoms with Crippen molar-refractivity contribution in [3.8, 4) is 0 Å². The molecule has 2 rings (SSSR count). The maximum Gasteiger partial charge on any atom is 0.393 e. The highest BCUT2D eigenvalue weighted by molar-refractivity contribution is 7.93. The maximum atomic E-state index is 13.2. The van der Waals surface area contributed by atoms with E-state index in [-0.39, 0.29) is 6.42 Å². The van der Waals surface area contributed by atoms with Crippen LogP contribution in [0, 0.1) is 5.92 Å². The van der Waals surface area contributed by atoms with E-state index in [2.05, 4.69) is 5.32 Å². The maximum absolute atomic E-state index is 13.2. The smallest absolute Gasteiger partial charge is 0.332 e. The van der Waals surface area contributed by atoms with Crippen LogP contribution in [0.1, 0.15) is 24.9 Å². The molecule has 9 heteroatoms. The van der Waals surface area contributed by atoms with Crippen LogP contribution in [-0.4, -0.2) is 44.4 Å². The van der Waals surface area contributed by atoms with Crippen molar-refractivity contribution in [2.75, 3.05) is 12.8 Å². The van der Waals surface area contributed by atoms with E-state index in [1.165, 1.54) is 6.08 Å². The third-order valence-electron chi connectivity index (χ3n) is 4.17. The van der Waals surface area contributed by atoms with Crippen molar-refractivity contribution in [2.24, 2.45) is 5.92 Å². The number of urea groups is 1. The SMILES string of the molecule is CC(/C=C/S(C)(=O)=O)NC(=O)N1C[C@H](C(F)(F)F)C[C@@H]1c1ccccc1. The number of nitrogens with one attached hydrogen (secondary N) is 1. The van der Waals surface area contributed by atoms with Gasteiger partial charge in [0.15, 0.2) is 9.84 Å². The molecule has 0 saturated carbocycles. The Balaban J connectivity index is 2.17. The van der Waals surface area contributed by atoms with Crippen molar-refractivity contribution in [3.63, 3.8) is 0 Å². The molecule has 1 aliphatic heterocycles. The zero-order chi connectivity index (χ0) is 19.5. The number of alkyl halides is 3. The van der Waals surface area contributed by atoms with Gasteiger partial charge in [-0.25, -0.2) is 13.2 Å². The molecule has 1 saturated heterocycles. The molecule has 1 aromatic rings. The number of hydrogen-bond donors (Lipinski definition) is 1. The van der Waals surface area contributed by atoms with Gasteiger partial charge >= 0.3 is 12.2 Å². The molecule has 0 bridgehead atoms. The third kappa shape index (κ3) is 5.48. The Morgan fingerprint density at radius 3 is 2.46 bits per heavy atom. The Morgan fingerprint density at radius 2 is 1.92 bits per heavy atom. The largest absolute Gasteiger partial charge is 0.393 e. The van der Waals surface area contributed by atoms with Crippen LogP contribution in [0.5, 0.6) is 0 Å². The van der Waals surface area contributed by atoms with Gasteiger partial charge < -0.3 is 10.2 Å². The summed E-state index contributed by atoms with van der Waals surface area (Å²) in [4.78, 5) is 13.7. The normalized spacial score (nSPS) is 22.6. The zero-order valence-corrected chi connectivity index (χ0v) is 15.2. The number of hydrogen-bond acceptors (Lipinski definition) is 3. The second-order valence-corrected chi connectivity index (χ2v) is 8.38. The van der Waals surface area contributed by atoms with Crippen LogP contribution in [0.25, 0.3) is 0 Å². The Hall–Kier alpha value is -2.03. The first-order valence-corrected chi connectivity index (χ1v) is 10.00. The van der Waals surface area contributed by atoms with Crippen LogP contribution in [0.3, 0.4) is 0 Å². The lowest BCUT2D eigenvalue weighted by Crippen LogP contribution is -2.43. The first-order valence-electron chi connectivity index (χ1n) is 8.04. The van der Waals surface area contributed by atoms with Gasteiger partial charge in [-0.05, 0) is 18.9 Å². The standard InChI is InChI=1S/C17H21F3N2O3S/c1-12(8-9-26(2,24)25)21-16(23)22-11-14(17(18,19)20)10-15(22)13-6-4-3-5-7-13/h3-9,12,14-15H,10-11H2,1-2H3,(H,21,23)/b9-8+/t12?,14-,15-/m1/s1. The first-order chi connectivity index (χ1) is 12.0. The van der Waals surface area contributed by atoms with Gasteiger partial charge in [0.2, 0.25) is 0 Å². The number of sulfone groups is 1. The van der Waals surface area contributed by atoms with E-state index in [0.717, 1.165) is 16.6 Å². The summed E-state index contributed by atoms with van der Waals surface area (Å²) in [5.74, 6) is -1.60. The van der Waals surface area contributed by atoms with Gasteiger partial charge in [0.05, 0.1) is 12.0 Å². The van der Waals surface area contributed by atoms with Crippen LogP contribution >= 0.6 is 0 Å². The monoisotopic (exact) mass is 390 g/mol. The minimum absolute atomic E-state index is 0.200. The Morgan fingerprint density at radius 1 is 1.31 bits per heavy atom. The molecule has 0 spiro atoms. The van der Waals surface area contributed by atoms with E-state index in [1.807, 2.05) is 0 Å². The highest BCUT2D eigenvalue weighted by Gasteiger charge is 2.49. The van der Waals surface area contributed by atoms with E-state index in [0.29, 0.717) is 5.56 Å². The minimum atomic E-state index is -4.39. The second kappa shape index (κ2) is 7.69. The topological polar surface area (TPSA) is 66.5 Å². The van der Waals surface area contributed by atoms with Crippen molar-refractivity contribution in [2.45, 2.75) is 31.6 Å². The number of carbonyl (C=O) groups is 1. The number of rotatable bonds is 4. The Labute approximate surface area is 150 Å². The van der Waals surface area contributed by atoms with Crippen LogP contribution in [0.4, 0.5) is 18.0 Å². The van der Waals surface area contributed by atoms with E-state index in [1.54, 1.807) is 37.3 Å². The van der Waals surface area contributed by atoms with Gasteiger partial charge in [-0.3, -0.25) is 0 Å². The molecule has 1 aromatic carbocycles.